The lowest BCUT2D eigenvalue weighted by Crippen LogP contribution is -2.31. The molecule has 0 spiro atoms. The van der Waals surface area contributed by atoms with E-state index >= 15 is 0 Å². The van der Waals surface area contributed by atoms with Crippen molar-refractivity contribution < 1.29 is 8.42 Å². The lowest BCUT2D eigenvalue weighted by molar-refractivity contribution is 0.342. The Morgan fingerprint density at radius 1 is 1.50 bits per heavy atom. The van der Waals surface area contributed by atoms with Crippen molar-refractivity contribution in [3.8, 4) is 0 Å². The molecule has 112 valence electrons. The van der Waals surface area contributed by atoms with Gasteiger partial charge in [0.05, 0.1) is 4.90 Å². The minimum Gasteiger partial charge on any atom is -0.399 e. The van der Waals surface area contributed by atoms with Crippen molar-refractivity contribution in [2.24, 2.45) is 5.92 Å². The van der Waals surface area contributed by atoms with E-state index in [4.69, 9.17) is 5.73 Å². The standard InChI is InChI=1S/C13H20BrN3O2S/c1-2-17-6-5-10(9-17)8-16-20(18,19)13-7-11(15)3-4-12(13)14/h3-4,7,10,16H,2,5-6,8-9,15H2,1H3. The van der Waals surface area contributed by atoms with Gasteiger partial charge in [-0.15, -0.1) is 0 Å². The van der Waals surface area contributed by atoms with Crippen LogP contribution in [0.3, 0.4) is 0 Å². The topological polar surface area (TPSA) is 75.4 Å². The van der Waals surface area contributed by atoms with Crippen molar-refractivity contribution in [2.45, 2.75) is 18.2 Å². The summed E-state index contributed by atoms with van der Waals surface area (Å²) in [6.07, 6.45) is 1.04. The molecule has 1 heterocycles. The molecule has 0 saturated carbocycles. The van der Waals surface area contributed by atoms with Gasteiger partial charge in [-0.25, -0.2) is 13.1 Å². The van der Waals surface area contributed by atoms with E-state index < -0.39 is 10.0 Å². The second-order valence-corrected chi connectivity index (χ2v) is 7.68. The van der Waals surface area contributed by atoms with Crippen LogP contribution in [0.5, 0.6) is 0 Å². The molecule has 1 aromatic carbocycles. The molecule has 1 saturated heterocycles. The average Bonchev–Trinajstić information content (AvgIpc) is 2.87. The number of likely N-dealkylation sites (tertiary alicyclic amines) is 1. The number of nitrogens with two attached hydrogens (primary N) is 1. The maximum atomic E-state index is 12.3. The smallest absolute Gasteiger partial charge is 0.241 e. The predicted octanol–water partition coefficient (Wildman–Crippen LogP) is 1.65. The molecular formula is C13H20BrN3O2S. The molecule has 1 aliphatic rings. The van der Waals surface area contributed by atoms with Gasteiger partial charge in [0.15, 0.2) is 0 Å². The van der Waals surface area contributed by atoms with Crippen molar-refractivity contribution in [3.63, 3.8) is 0 Å². The summed E-state index contributed by atoms with van der Waals surface area (Å²) in [5, 5.41) is 0. The maximum absolute atomic E-state index is 12.3. The Labute approximate surface area is 128 Å². The molecule has 0 aliphatic carbocycles. The van der Waals surface area contributed by atoms with E-state index in [1.54, 1.807) is 12.1 Å². The molecule has 1 aliphatic heterocycles. The van der Waals surface area contributed by atoms with Crippen molar-refractivity contribution in [1.82, 2.24) is 9.62 Å². The van der Waals surface area contributed by atoms with E-state index in [0.717, 1.165) is 26.1 Å². The first-order valence-corrected chi connectivity index (χ1v) is 8.97. The molecule has 5 nitrogen and oxygen atoms in total. The molecule has 1 fully saturated rings. The third-order valence-corrected chi connectivity index (χ3v) is 6.04. The molecule has 1 unspecified atom stereocenters. The SMILES string of the molecule is CCN1CCC(CNS(=O)(=O)c2cc(N)ccc2Br)C1. The van der Waals surface area contributed by atoms with Crippen LogP contribution in [-0.4, -0.2) is 39.5 Å². The summed E-state index contributed by atoms with van der Waals surface area (Å²) in [6.45, 7) is 5.61. The Hall–Kier alpha value is -0.630. The fourth-order valence-electron chi connectivity index (χ4n) is 2.40. The number of anilines is 1. The normalized spacial score (nSPS) is 20.4. The summed E-state index contributed by atoms with van der Waals surface area (Å²) in [7, 11) is -3.52. The summed E-state index contributed by atoms with van der Waals surface area (Å²) in [5.41, 5.74) is 6.10. The summed E-state index contributed by atoms with van der Waals surface area (Å²) >= 11 is 3.26. The third kappa shape index (κ3) is 3.72. The highest BCUT2D eigenvalue weighted by Crippen LogP contribution is 2.24. The molecule has 3 N–H and O–H groups in total. The van der Waals surface area contributed by atoms with Crippen LogP contribution in [0, 0.1) is 5.92 Å². The fraction of sp³-hybridized carbons (Fsp3) is 0.538. The van der Waals surface area contributed by atoms with Crippen LogP contribution in [-0.2, 0) is 10.0 Å². The van der Waals surface area contributed by atoms with Crippen LogP contribution in [0.15, 0.2) is 27.6 Å². The fourth-order valence-corrected chi connectivity index (χ4v) is 4.51. The van der Waals surface area contributed by atoms with Crippen molar-refractivity contribution >= 4 is 31.6 Å². The highest BCUT2D eigenvalue weighted by molar-refractivity contribution is 9.10. The van der Waals surface area contributed by atoms with Gasteiger partial charge in [-0.1, -0.05) is 6.92 Å². The number of nitrogens with one attached hydrogen (secondary N) is 1. The van der Waals surface area contributed by atoms with Gasteiger partial charge in [-0.2, -0.15) is 0 Å². The molecular weight excluding hydrogens is 342 g/mol. The summed E-state index contributed by atoms with van der Waals surface area (Å²) in [5.74, 6) is 0.379. The second-order valence-electron chi connectivity index (χ2n) is 5.09. The number of sulfonamides is 1. The molecule has 7 heteroatoms. The van der Waals surface area contributed by atoms with Crippen LogP contribution in [0.25, 0.3) is 0 Å². The zero-order valence-electron chi connectivity index (χ0n) is 11.5. The molecule has 0 radical (unpaired) electrons. The highest BCUT2D eigenvalue weighted by Gasteiger charge is 2.24. The minimum atomic E-state index is -3.52. The first-order valence-electron chi connectivity index (χ1n) is 6.69. The number of halogens is 1. The van der Waals surface area contributed by atoms with Gasteiger partial charge in [0.1, 0.15) is 0 Å². The largest absolute Gasteiger partial charge is 0.399 e. The minimum absolute atomic E-state index is 0.197. The van der Waals surface area contributed by atoms with Crippen LogP contribution in [0.4, 0.5) is 5.69 Å². The van der Waals surface area contributed by atoms with Gasteiger partial charge in [0.25, 0.3) is 0 Å². The van der Waals surface area contributed by atoms with Crippen molar-refractivity contribution in [3.05, 3.63) is 22.7 Å². The van der Waals surface area contributed by atoms with Gasteiger partial charge in [0, 0.05) is 23.2 Å². The van der Waals surface area contributed by atoms with Crippen molar-refractivity contribution in [1.29, 1.82) is 0 Å². The molecule has 0 aromatic heterocycles. The molecule has 0 amide bonds. The van der Waals surface area contributed by atoms with Gasteiger partial charge < -0.3 is 10.6 Å². The van der Waals surface area contributed by atoms with E-state index in [0.29, 0.717) is 22.6 Å². The summed E-state index contributed by atoms with van der Waals surface area (Å²) in [6, 6.07) is 4.79. The van der Waals surface area contributed by atoms with E-state index in [1.807, 2.05) is 0 Å². The third-order valence-electron chi connectivity index (χ3n) is 3.62. The Kier molecular flexibility index (Phi) is 5.06. The quantitative estimate of drug-likeness (QED) is 0.781. The van der Waals surface area contributed by atoms with Crippen LogP contribution in [0.2, 0.25) is 0 Å². The van der Waals surface area contributed by atoms with E-state index in [1.165, 1.54) is 6.07 Å². The molecule has 1 atom stereocenters. The van der Waals surface area contributed by atoms with Gasteiger partial charge in [0.2, 0.25) is 10.0 Å². The number of hydrogen-bond acceptors (Lipinski definition) is 4. The number of nitrogen functional groups attached to an aromatic ring is 1. The summed E-state index contributed by atoms with van der Waals surface area (Å²) < 4.78 is 27.8. The Bertz CT molecular complexity index is 577. The van der Waals surface area contributed by atoms with E-state index in [2.05, 4.69) is 32.5 Å². The van der Waals surface area contributed by atoms with E-state index in [9.17, 15) is 8.42 Å². The predicted molar refractivity (Wildman–Crippen MR) is 84.0 cm³/mol. The number of nitrogens with zero attached hydrogens (tertiary/aromatic N) is 1. The molecule has 0 bridgehead atoms. The molecule has 1 aromatic rings. The zero-order chi connectivity index (χ0) is 14.8. The first-order chi connectivity index (χ1) is 9.42. The lowest BCUT2D eigenvalue weighted by Gasteiger charge is -2.14. The number of benzene rings is 1. The van der Waals surface area contributed by atoms with Crippen LogP contribution < -0.4 is 10.5 Å². The van der Waals surface area contributed by atoms with Crippen LogP contribution >= 0.6 is 15.9 Å². The second kappa shape index (κ2) is 6.43. The number of rotatable bonds is 5. The Balaban J connectivity index is 2.03. The zero-order valence-corrected chi connectivity index (χ0v) is 13.9. The highest BCUT2D eigenvalue weighted by atomic mass is 79.9. The van der Waals surface area contributed by atoms with Crippen molar-refractivity contribution in [2.75, 3.05) is 31.9 Å². The first kappa shape index (κ1) is 15.8. The van der Waals surface area contributed by atoms with Crippen LogP contribution in [0.1, 0.15) is 13.3 Å². The summed E-state index contributed by atoms with van der Waals surface area (Å²) in [4.78, 5) is 2.53. The monoisotopic (exact) mass is 361 g/mol. The molecule has 20 heavy (non-hydrogen) atoms. The average molecular weight is 362 g/mol. The van der Waals surface area contributed by atoms with Gasteiger partial charge >= 0.3 is 0 Å². The maximum Gasteiger partial charge on any atom is 0.241 e. The van der Waals surface area contributed by atoms with Gasteiger partial charge in [-0.05, 0) is 59.6 Å². The molecule has 2 rings (SSSR count). The van der Waals surface area contributed by atoms with Gasteiger partial charge in [-0.3, -0.25) is 0 Å². The lowest BCUT2D eigenvalue weighted by atomic mass is 10.1. The Morgan fingerprint density at radius 2 is 2.25 bits per heavy atom. The Morgan fingerprint density at radius 3 is 2.90 bits per heavy atom. The number of hydrogen-bond donors (Lipinski definition) is 2. The van der Waals surface area contributed by atoms with E-state index in [-0.39, 0.29) is 4.90 Å².